The zero-order valence-corrected chi connectivity index (χ0v) is 9.52. The lowest BCUT2D eigenvalue weighted by Gasteiger charge is -2.06. The van der Waals surface area contributed by atoms with E-state index in [0.717, 1.165) is 6.07 Å². The Kier molecular flexibility index (Phi) is 5.12. The fourth-order valence-corrected chi connectivity index (χ4v) is 1.42. The van der Waals surface area contributed by atoms with Crippen molar-refractivity contribution in [1.82, 2.24) is 0 Å². The first kappa shape index (κ1) is 13.7. The summed E-state index contributed by atoms with van der Waals surface area (Å²) in [6, 6.07) is 3.77. The number of halogens is 1. The highest BCUT2D eigenvalue weighted by atomic mass is 19.1. The number of hydrogen-bond acceptors (Lipinski definition) is 4. The van der Waals surface area contributed by atoms with Crippen LogP contribution in [0, 0.1) is 5.82 Å². The molecule has 4 nitrogen and oxygen atoms in total. The molecule has 0 bridgehead atoms. The van der Waals surface area contributed by atoms with E-state index < -0.39 is 18.9 Å². The fourth-order valence-electron chi connectivity index (χ4n) is 1.42. The first-order valence-electron chi connectivity index (χ1n) is 5.34. The Labute approximate surface area is 99.2 Å². The molecule has 1 rings (SSSR count). The Morgan fingerprint density at radius 3 is 2.76 bits per heavy atom. The maximum absolute atomic E-state index is 13.4. The van der Waals surface area contributed by atoms with E-state index in [1.165, 1.54) is 12.1 Å². The Morgan fingerprint density at radius 2 is 2.18 bits per heavy atom. The molecule has 0 saturated heterocycles. The molecule has 0 spiro atoms. The summed E-state index contributed by atoms with van der Waals surface area (Å²) in [5.74, 6) is -0.874. The number of aryl methyl sites for hydroxylation is 1. The van der Waals surface area contributed by atoms with E-state index in [0.29, 0.717) is 0 Å². The van der Waals surface area contributed by atoms with Gasteiger partial charge in [0.15, 0.2) is 0 Å². The monoisotopic (exact) mass is 240 g/mol. The lowest BCUT2D eigenvalue weighted by Crippen LogP contribution is -2.30. The predicted octanol–water partition coefficient (Wildman–Crippen LogP) is 0.00120. The lowest BCUT2D eigenvalue weighted by molar-refractivity contribution is -0.143. The van der Waals surface area contributed by atoms with Crippen molar-refractivity contribution >= 4 is 18.6 Å². The minimum atomic E-state index is -1.64. The van der Waals surface area contributed by atoms with Crippen molar-refractivity contribution < 1.29 is 24.0 Å². The van der Waals surface area contributed by atoms with Crippen molar-refractivity contribution in [2.24, 2.45) is 0 Å². The molecule has 0 heterocycles. The third-order valence-corrected chi connectivity index (χ3v) is 2.27. The van der Waals surface area contributed by atoms with Crippen LogP contribution in [0.25, 0.3) is 0 Å². The number of carbonyl (C=O) groups is 1. The van der Waals surface area contributed by atoms with Crippen LogP contribution in [0.1, 0.15) is 18.9 Å². The van der Waals surface area contributed by atoms with Crippen LogP contribution in [0.15, 0.2) is 18.2 Å². The van der Waals surface area contributed by atoms with Crippen molar-refractivity contribution in [2.75, 3.05) is 6.61 Å². The quantitative estimate of drug-likeness (QED) is 0.561. The molecule has 0 aliphatic heterocycles. The van der Waals surface area contributed by atoms with Crippen molar-refractivity contribution in [3.63, 3.8) is 0 Å². The first-order chi connectivity index (χ1) is 8.04. The lowest BCUT2D eigenvalue weighted by atomic mass is 9.79. The third-order valence-electron chi connectivity index (χ3n) is 2.27. The maximum Gasteiger partial charge on any atom is 0.488 e. The standard InChI is InChI=1S/C11H14BFO4/c1-2-17-11(14)6-3-8-7-9(12(15)16)4-5-10(8)13/h4-5,7,15-16H,2-3,6H2,1H3. The molecule has 0 aromatic heterocycles. The molecular weight excluding hydrogens is 226 g/mol. The van der Waals surface area contributed by atoms with Crippen molar-refractivity contribution in [1.29, 1.82) is 0 Å². The van der Waals surface area contributed by atoms with E-state index in [1.807, 2.05) is 0 Å². The van der Waals surface area contributed by atoms with Gasteiger partial charge in [0, 0.05) is 6.42 Å². The van der Waals surface area contributed by atoms with E-state index in [9.17, 15) is 9.18 Å². The average Bonchev–Trinajstić information content (AvgIpc) is 2.28. The Morgan fingerprint density at radius 1 is 1.47 bits per heavy atom. The maximum atomic E-state index is 13.4. The molecule has 1 aromatic carbocycles. The minimum Gasteiger partial charge on any atom is -0.466 e. The van der Waals surface area contributed by atoms with E-state index >= 15 is 0 Å². The van der Waals surface area contributed by atoms with Crippen molar-refractivity contribution in [3.05, 3.63) is 29.6 Å². The highest BCUT2D eigenvalue weighted by Crippen LogP contribution is 2.08. The van der Waals surface area contributed by atoms with E-state index in [-0.39, 0.29) is 30.5 Å². The first-order valence-corrected chi connectivity index (χ1v) is 5.34. The van der Waals surface area contributed by atoms with Gasteiger partial charge in [-0.3, -0.25) is 4.79 Å². The zero-order chi connectivity index (χ0) is 12.8. The topological polar surface area (TPSA) is 66.8 Å². The summed E-state index contributed by atoms with van der Waals surface area (Å²) in [6.45, 7) is 1.98. The van der Waals surface area contributed by atoms with Gasteiger partial charge in [0.2, 0.25) is 0 Å². The highest BCUT2D eigenvalue weighted by molar-refractivity contribution is 6.58. The van der Waals surface area contributed by atoms with Gasteiger partial charge in [0.25, 0.3) is 0 Å². The molecule has 1 aromatic rings. The smallest absolute Gasteiger partial charge is 0.466 e. The Bertz CT molecular complexity index is 395. The molecule has 0 amide bonds. The summed E-state index contributed by atoms with van der Waals surface area (Å²) in [6.07, 6.45) is 0.237. The molecule has 0 fully saturated rings. The van der Waals surface area contributed by atoms with Gasteiger partial charge in [-0.2, -0.15) is 0 Å². The number of benzene rings is 1. The number of hydrogen-bond donors (Lipinski definition) is 2. The molecular formula is C11H14BFO4. The van der Waals surface area contributed by atoms with Gasteiger partial charge in [-0.05, 0) is 30.4 Å². The summed E-state index contributed by atoms with van der Waals surface area (Å²) in [7, 11) is -1.64. The van der Waals surface area contributed by atoms with Crippen LogP contribution in [0.2, 0.25) is 0 Å². The molecule has 0 aliphatic carbocycles. The van der Waals surface area contributed by atoms with Crippen LogP contribution >= 0.6 is 0 Å². The normalized spacial score (nSPS) is 10.1. The van der Waals surface area contributed by atoms with Crippen molar-refractivity contribution in [2.45, 2.75) is 19.8 Å². The van der Waals surface area contributed by atoms with Crippen LogP contribution in [0.4, 0.5) is 4.39 Å². The average molecular weight is 240 g/mol. The van der Waals surface area contributed by atoms with Gasteiger partial charge in [-0.1, -0.05) is 12.1 Å². The van der Waals surface area contributed by atoms with Gasteiger partial charge < -0.3 is 14.8 Å². The van der Waals surface area contributed by atoms with E-state index in [1.54, 1.807) is 6.92 Å². The van der Waals surface area contributed by atoms with Gasteiger partial charge in [0.1, 0.15) is 5.82 Å². The van der Waals surface area contributed by atoms with Gasteiger partial charge in [-0.25, -0.2) is 4.39 Å². The molecule has 0 saturated carbocycles. The second-order valence-corrected chi connectivity index (χ2v) is 3.53. The molecule has 0 atom stereocenters. The van der Waals surface area contributed by atoms with Crippen LogP contribution in [-0.4, -0.2) is 29.7 Å². The largest absolute Gasteiger partial charge is 0.488 e. The van der Waals surface area contributed by atoms with Gasteiger partial charge in [-0.15, -0.1) is 0 Å². The van der Waals surface area contributed by atoms with Gasteiger partial charge >= 0.3 is 13.1 Å². The van der Waals surface area contributed by atoms with Crippen molar-refractivity contribution in [3.8, 4) is 0 Å². The Balaban J connectivity index is 2.69. The molecule has 0 radical (unpaired) electrons. The molecule has 0 aliphatic rings. The predicted molar refractivity (Wildman–Crippen MR) is 61.2 cm³/mol. The van der Waals surface area contributed by atoms with Gasteiger partial charge in [0.05, 0.1) is 6.61 Å². The summed E-state index contributed by atoms with van der Waals surface area (Å²) in [5, 5.41) is 17.9. The number of carbonyl (C=O) groups excluding carboxylic acids is 1. The summed E-state index contributed by atoms with van der Waals surface area (Å²) in [5.41, 5.74) is 0.467. The molecule has 92 valence electrons. The van der Waals surface area contributed by atoms with Crippen LogP contribution in [0.3, 0.4) is 0 Å². The van der Waals surface area contributed by atoms with E-state index in [2.05, 4.69) is 0 Å². The molecule has 0 unspecified atom stereocenters. The number of esters is 1. The van der Waals surface area contributed by atoms with Crippen LogP contribution < -0.4 is 5.46 Å². The zero-order valence-electron chi connectivity index (χ0n) is 9.52. The second kappa shape index (κ2) is 6.37. The molecule has 6 heteroatoms. The van der Waals surface area contributed by atoms with Crippen LogP contribution in [0.5, 0.6) is 0 Å². The third kappa shape index (κ3) is 4.16. The molecule has 2 N–H and O–H groups in total. The summed E-state index contributed by atoms with van der Waals surface area (Å²) in [4.78, 5) is 11.1. The Hall–Kier alpha value is -1.40. The minimum absolute atomic E-state index is 0.0652. The molecule has 17 heavy (non-hydrogen) atoms. The number of ether oxygens (including phenoxy) is 1. The fraction of sp³-hybridized carbons (Fsp3) is 0.364. The second-order valence-electron chi connectivity index (χ2n) is 3.53. The van der Waals surface area contributed by atoms with E-state index in [4.69, 9.17) is 14.8 Å². The number of rotatable bonds is 5. The van der Waals surface area contributed by atoms with Crippen LogP contribution in [-0.2, 0) is 16.0 Å². The summed E-state index contributed by atoms with van der Waals surface area (Å²) < 4.78 is 18.1. The SMILES string of the molecule is CCOC(=O)CCc1cc(B(O)O)ccc1F. The highest BCUT2D eigenvalue weighted by Gasteiger charge is 2.14. The summed E-state index contributed by atoms with van der Waals surface area (Å²) >= 11 is 0.